The molecule has 134 valence electrons. The van der Waals surface area contributed by atoms with E-state index in [4.69, 9.17) is 5.73 Å². The van der Waals surface area contributed by atoms with Gasteiger partial charge in [-0.3, -0.25) is 14.4 Å². The predicted octanol–water partition coefficient (Wildman–Crippen LogP) is 2.86. The number of thioether (sulfide) groups is 1. The molecule has 1 aliphatic rings. The van der Waals surface area contributed by atoms with Crippen LogP contribution in [0.4, 0.5) is 11.4 Å². The van der Waals surface area contributed by atoms with Crippen molar-refractivity contribution in [3.63, 3.8) is 0 Å². The highest BCUT2D eigenvalue weighted by molar-refractivity contribution is 8.00. The number of nitrogens with two attached hydrogens (primary N) is 1. The Balaban J connectivity index is 1.56. The van der Waals surface area contributed by atoms with E-state index in [0.717, 1.165) is 23.4 Å². The molecule has 0 radical (unpaired) electrons. The number of para-hydroxylation sites is 1. The van der Waals surface area contributed by atoms with Crippen molar-refractivity contribution in [3.8, 4) is 0 Å². The smallest absolute Gasteiger partial charge is 0.250 e. The second-order valence-electron chi connectivity index (χ2n) is 6.04. The molecule has 1 saturated carbocycles. The van der Waals surface area contributed by atoms with E-state index < -0.39 is 5.91 Å². The number of primary amides is 1. The first kappa shape index (κ1) is 18.0. The van der Waals surface area contributed by atoms with Crippen molar-refractivity contribution >= 4 is 40.9 Å². The van der Waals surface area contributed by atoms with E-state index in [1.54, 1.807) is 24.3 Å². The third-order valence-electron chi connectivity index (χ3n) is 3.89. The Labute approximate surface area is 155 Å². The van der Waals surface area contributed by atoms with Gasteiger partial charge in [-0.25, -0.2) is 0 Å². The number of hydrogen-bond acceptors (Lipinski definition) is 4. The first-order chi connectivity index (χ1) is 12.5. The van der Waals surface area contributed by atoms with Crippen molar-refractivity contribution in [2.45, 2.75) is 17.7 Å². The molecule has 0 aromatic heterocycles. The van der Waals surface area contributed by atoms with Crippen LogP contribution in [0.5, 0.6) is 0 Å². The maximum absolute atomic E-state index is 12.2. The first-order valence-corrected chi connectivity index (χ1v) is 9.24. The lowest BCUT2D eigenvalue weighted by Crippen LogP contribution is -2.19. The minimum Gasteiger partial charge on any atom is -0.366 e. The number of anilines is 2. The topological polar surface area (TPSA) is 101 Å². The van der Waals surface area contributed by atoms with Crippen LogP contribution in [-0.4, -0.2) is 23.5 Å². The summed E-state index contributed by atoms with van der Waals surface area (Å²) in [6.45, 7) is 0. The summed E-state index contributed by atoms with van der Waals surface area (Å²) in [6.07, 6.45) is 1.90. The molecule has 7 heteroatoms. The average Bonchev–Trinajstić information content (AvgIpc) is 3.46. The van der Waals surface area contributed by atoms with E-state index in [2.05, 4.69) is 10.6 Å². The molecule has 0 unspecified atom stereocenters. The number of benzene rings is 2. The molecule has 0 saturated heterocycles. The van der Waals surface area contributed by atoms with Gasteiger partial charge >= 0.3 is 0 Å². The van der Waals surface area contributed by atoms with Gasteiger partial charge in [-0.1, -0.05) is 18.2 Å². The molecule has 0 spiro atoms. The molecule has 26 heavy (non-hydrogen) atoms. The standard InChI is InChI=1S/C19H19N3O3S/c20-18(24)15-6-1-2-7-16(15)22-17(23)11-26-14-5-3-4-13(10-14)21-19(25)12-8-9-12/h1-7,10,12H,8-9,11H2,(H2,20,24)(H,21,25)(H,22,23). The zero-order valence-electron chi connectivity index (χ0n) is 14.0. The molecule has 4 N–H and O–H groups in total. The molecule has 0 heterocycles. The van der Waals surface area contributed by atoms with Gasteiger partial charge in [-0.05, 0) is 43.2 Å². The molecule has 1 aliphatic carbocycles. The summed E-state index contributed by atoms with van der Waals surface area (Å²) in [7, 11) is 0. The Morgan fingerprint density at radius 2 is 1.81 bits per heavy atom. The van der Waals surface area contributed by atoms with E-state index >= 15 is 0 Å². The van der Waals surface area contributed by atoms with E-state index in [1.807, 2.05) is 24.3 Å². The number of rotatable bonds is 7. The number of carbonyl (C=O) groups excluding carboxylic acids is 3. The summed E-state index contributed by atoms with van der Waals surface area (Å²) >= 11 is 1.35. The number of amides is 3. The Kier molecular flexibility index (Phi) is 5.58. The molecular weight excluding hydrogens is 350 g/mol. The van der Waals surface area contributed by atoms with Crippen LogP contribution in [-0.2, 0) is 9.59 Å². The van der Waals surface area contributed by atoms with Gasteiger partial charge < -0.3 is 16.4 Å². The second kappa shape index (κ2) is 8.05. The molecule has 2 aromatic carbocycles. The van der Waals surface area contributed by atoms with Crippen molar-refractivity contribution in [2.24, 2.45) is 11.7 Å². The fourth-order valence-electron chi connectivity index (χ4n) is 2.40. The quantitative estimate of drug-likeness (QED) is 0.653. The van der Waals surface area contributed by atoms with Gasteiger partial charge in [0.1, 0.15) is 0 Å². The Morgan fingerprint density at radius 1 is 1.04 bits per heavy atom. The summed E-state index contributed by atoms with van der Waals surface area (Å²) in [5, 5.41) is 5.59. The molecular formula is C19H19N3O3S. The van der Waals surface area contributed by atoms with Crippen molar-refractivity contribution in [3.05, 3.63) is 54.1 Å². The largest absolute Gasteiger partial charge is 0.366 e. The molecule has 1 fully saturated rings. The maximum Gasteiger partial charge on any atom is 0.250 e. The fourth-order valence-corrected chi connectivity index (χ4v) is 3.15. The predicted molar refractivity (Wildman–Crippen MR) is 102 cm³/mol. The van der Waals surface area contributed by atoms with E-state index in [9.17, 15) is 14.4 Å². The minimum atomic E-state index is -0.590. The third kappa shape index (κ3) is 4.86. The lowest BCUT2D eigenvalue weighted by Gasteiger charge is -2.09. The molecule has 0 bridgehead atoms. The Hall–Kier alpha value is -2.80. The highest BCUT2D eigenvalue weighted by Crippen LogP contribution is 2.30. The Bertz CT molecular complexity index is 849. The third-order valence-corrected chi connectivity index (χ3v) is 4.88. The molecule has 0 atom stereocenters. The first-order valence-electron chi connectivity index (χ1n) is 8.25. The zero-order chi connectivity index (χ0) is 18.5. The highest BCUT2D eigenvalue weighted by atomic mass is 32.2. The second-order valence-corrected chi connectivity index (χ2v) is 7.09. The van der Waals surface area contributed by atoms with Crippen LogP contribution < -0.4 is 16.4 Å². The summed E-state index contributed by atoms with van der Waals surface area (Å²) in [6, 6.07) is 14.0. The van der Waals surface area contributed by atoms with Gasteiger partial charge in [-0.15, -0.1) is 11.8 Å². The van der Waals surface area contributed by atoms with Crippen molar-refractivity contribution in [1.29, 1.82) is 0 Å². The molecule has 3 amide bonds. The van der Waals surface area contributed by atoms with Gasteiger partial charge in [-0.2, -0.15) is 0 Å². The number of hydrogen-bond donors (Lipinski definition) is 3. The SMILES string of the molecule is NC(=O)c1ccccc1NC(=O)CSc1cccc(NC(=O)C2CC2)c1. The van der Waals surface area contributed by atoms with Crippen LogP contribution in [0.15, 0.2) is 53.4 Å². The molecule has 3 rings (SSSR count). The number of nitrogens with one attached hydrogen (secondary N) is 2. The minimum absolute atomic E-state index is 0.0490. The van der Waals surface area contributed by atoms with Gasteiger partial charge in [0.2, 0.25) is 11.8 Å². The number of carbonyl (C=O) groups is 3. The Morgan fingerprint density at radius 3 is 2.54 bits per heavy atom. The van der Waals surface area contributed by atoms with E-state index in [1.165, 1.54) is 11.8 Å². The lowest BCUT2D eigenvalue weighted by atomic mass is 10.1. The molecule has 6 nitrogen and oxygen atoms in total. The summed E-state index contributed by atoms with van der Waals surface area (Å²) in [5.41, 5.74) is 6.71. The molecule has 0 aliphatic heterocycles. The van der Waals surface area contributed by atoms with Crippen LogP contribution in [0.25, 0.3) is 0 Å². The lowest BCUT2D eigenvalue weighted by molar-refractivity contribution is -0.117. The van der Waals surface area contributed by atoms with Crippen LogP contribution in [0.3, 0.4) is 0 Å². The van der Waals surface area contributed by atoms with Gasteiger partial charge in [0.05, 0.1) is 17.0 Å². The molecule has 2 aromatic rings. The van der Waals surface area contributed by atoms with Crippen molar-refractivity contribution < 1.29 is 14.4 Å². The summed E-state index contributed by atoms with van der Waals surface area (Å²) in [5.74, 6) is -0.466. The zero-order valence-corrected chi connectivity index (χ0v) is 14.8. The summed E-state index contributed by atoms with van der Waals surface area (Å²) < 4.78 is 0. The van der Waals surface area contributed by atoms with Crippen LogP contribution >= 0.6 is 11.8 Å². The van der Waals surface area contributed by atoms with Gasteiger partial charge in [0, 0.05) is 16.5 Å². The van der Waals surface area contributed by atoms with Crippen molar-refractivity contribution in [1.82, 2.24) is 0 Å². The maximum atomic E-state index is 12.2. The fraction of sp³-hybridized carbons (Fsp3) is 0.211. The highest BCUT2D eigenvalue weighted by Gasteiger charge is 2.29. The van der Waals surface area contributed by atoms with Crippen LogP contribution in [0.2, 0.25) is 0 Å². The van der Waals surface area contributed by atoms with Gasteiger partial charge in [0.15, 0.2) is 0 Å². The van der Waals surface area contributed by atoms with Crippen molar-refractivity contribution in [2.75, 3.05) is 16.4 Å². The van der Waals surface area contributed by atoms with E-state index in [0.29, 0.717) is 5.69 Å². The van der Waals surface area contributed by atoms with Crippen LogP contribution in [0, 0.1) is 5.92 Å². The van der Waals surface area contributed by atoms with Crippen LogP contribution in [0.1, 0.15) is 23.2 Å². The van der Waals surface area contributed by atoms with Gasteiger partial charge in [0.25, 0.3) is 5.91 Å². The summed E-state index contributed by atoms with van der Waals surface area (Å²) in [4.78, 5) is 36.3. The van der Waals surface area contributed by atoms with E-state index in [-0.39, 0.29) is 29.0 Å². The monoisotopic (exact) mass is 369 g/mol. The normalized spacial score (nSPS) is 13.1. The average molecular weight is 369 g/mol.